The number of aromatic hydroxyl groups is 2. The Kier molecular flexibility index (Phi) is 9.38. The van der Waals surface area contributed by atoms with Gasteiger partial charge in [0.05, 0.1) is 20.3 Å². The van der Waals surface area contributed by atoms with Gasteiger partial charge in [0.25, 0.3) is 0 Å². The van der Waals surface area contributed by atoms with Crippen molar-refractivity contribution in [3.05, 3.63) is 40.6 Å². The molecule has 2 aliphatic rings. The van der Waals surface area contributed by atoms with Crippen molar-refractivity contribution < 1.29 is 79.2 Å². The first-order chi connectivity index (χ1) is 21.4. The zero-order valence-electron chi connectivity index (χ0n) is 23.4. The Labute approximate surface area is 252 Å². The number of benzene rings is 2. The Morgan fingerprint density at radius 2 is 1.27 bits per heavy atom. The summed E-state index contributed by atoms with van der Waals surface area (Å²) in [6, 6.07) is 6.08. The molecule has 5 rings (SSSR count). The largest absolute Gasteiger partial charge is 0.508 e. The maximum absolute atomic E-state index is 13.9. The van der Waals surface area contributed by atoms with Gasteiger partial charge >= 0.3 is 0 Å². The Hall–Kier alpha value is -3.75. The minimum atomic E-state index is -1.91. The minimum absolute atomic E-state index is 0.119. The highest BCUT2D eigenvalue weighted by molar-refractivity contribution is 5.93. The molecule has 2 saturated heterocycles. The Morgan fingerprint density at radius 1 is 0.733 bits per heavy atom. The highest BCUT2D eigenvalue weighted by Crippen LogP contribution is 2.45. The van der Waals surface area contributed by atoms with E-state index in [1.54, 1.807) is 0 Å². The second kappa shape index (κ2) is 12.9. The number of hydrogen-bond donors (Lipinski definition) is 10. The summed E-state index contributed by atoms with van der Waals surface area (Å²) in [6.07, 6.45) is -17.0. The predicted molar refractivity (Wildman–Crippen MR) is 147 cm³/mol. The average molecular weight is 641 g/mol. The third-order valence-electron chi connectivity index (χ3n) is 7.53. The predicted octanol–water partition coefficient (Wildman–Crippen LogP) is -2.76. The number of aliphatic hydroxyl groups excluding tert-OH is 8. The van der Waals surface area contributed by atoms with Crippen LogP contribution in [0.3, 0.4) is 0 Å². The molecule has 0 spiro atoms. The van der Waals surface area contributed by atoms with E-state index in [-0.39, 0.29) is 28.6 Å². The highest BCUT2D eigenvalue weighted by atomic mass is 16.7. The summed E-state index contributed by atoms with van der Waals surface area (Å²) in [5, 5.41) is 101. The van der Waals surface area contributed by atoms with E-state index in [9.17, 15) is 55.9 Å². The number of methoxy groups -OCH3 is 1. The van der Waals surface area contributed by atoms with Gasteiger partial charge < -0.3 is 79.2 Å². The molecule has 10 N–H and O–H groups in total. The molecular formula is C28H32O17. The standard InChI is InChI=1S/C28H32O17/c1-40-24-12(41-27-21(38)19(36)16(33)13(7-29)42-27)6-11(32)15-18(35)26(23(44-25(15)24)9-2-4-10(31)5-3-9)45-28-22(39)20(37)17(34)14(8-30)43-28/h2-6,13-14,16-17,19-22,27-34,36-39H,7-8H2,1H3/t13-,14+,16+,17+,19+,20+,21-,22-,27-,28-/m0/s1. The van der Waals surface area contributed by atoms with Gasteiger partial charge in [-0.05, 0) is 24.3 Å². The van der Waals surface area contributed by atoms with Gasteiger partial charge in [-0.3, -0.25) is 4.79 Å². The van der Waals surface area contributed by atoms with Crippen molar-refractivity contribution in [3.8, 4) is 40.1 Å². The van der Waals surface area contributed by atoms with Gasteiger partial charge in [-0.1, -0.05) is 0 Å². The summed E-state index contributed by atoms with van der Waals surface area (Å²) < 4.78 is 33.5. The average Bonchev–Trinajstić information content (AvgIpc) is 3.02. The lowest BCUT2D eigenvalue weighted by atomic mass is 9.99. The van der Waals surface area contributed by atoms with Crippen LogP contribution in [0, 0.1) is 0 Å². The summed E-state index contributed by atoms with van der Waals surface area (Å²) in [5.74, 6) is -2.62. The van der Waals surface area contributed by atoms with Crippen LogP contribution in [0.1, 0.15) is 0 Å². The van der Waals surface area contributed by atoms with E-state index < -0.39 is 103 Å². The molecule has 1 aromatic heterocycles. The Balaban J connectivity index is 1.65. The molecule has 0 radical (unpaired) electrons. The molecule has 45 heavy (non-hydrogen) atoms. The van der Waals surface area contributed by atoms with Gasteiger partial charge in [0.2, 0.25) is 29.5 Å². The third-order valence-corrected chi connectivity index (χ3v) is 7.53. The fraction of sp³-hybridized carbons (Fsp3) is 0.464. The van der Waals surface area contributed by atoms with Crippen molar-refractivity contribution in [2.75, 3.05) is 20.3 Å². The van der Waals surface area contributed by atoms with Crippen LogP contribution in [-0.2, 0) is 9.47 Å². The summed E-state index contributed by atoms with van der Waals surface area (Å²) in [7, 11) is 1.16. The molecule has 2 fully saturated rings. The van der Waals surface area contributed by atoms with Gasteiger partial charge in [0.1, 0.15) is 65.7 Å². The first kappa shape index (κ1) is 32.6. The molecule has 3 aromatic rings. The van der Waals surface area contributed by atoms with Crippen molar-refractivity contribution in [1.29, 1.82) is 0 Å². The normalized spacial score (nSPS) is 31.9. The van der Waals surface area contributed by atoms with E-state index >= 15 is 0 Å². The van der Waals surface area contributed by atoms with Crippen molar-refractivity contribution in [2.45, 2.75) is 61.4 Å². The third kappa shape index (κ3) is 5.86. The fourth-order valence-electron chi connectivity index (χ4n) is 5.05. The van der Waals surface area contributed by atoms with Crippen LogP contribution < -0.4 is 19.6 Å². The molecule has 3 heterocycles. The first-order valence-electron chi connectivity index (χ1n) is 13.6. The summed E-state index contributed by atoms with van der Waals surface area (Å²) in [5.41, 5.74) is -1.36. The number of ether oxygens (including phenoxy) is 5. The van der Waals surface area contributed by atoms with E-state index in [1.165, 1.54) is 24.3 Å². The van der Waals surface area contributed by atoms with Gasteiger partial charge in [0.15, 0.2) is 17.1 Å². The molecule has 17 heteroatoms. The second-order valence-corrected chi connectivity index (χ2v) is 10.4. The Bertz CT molecular complexity index is 1550. The van der Waals surface area contributed by atoms with Crippen molar-refractivity contribution in [1.82, 2.24) is 0 Å². The van der Waals surface area contributed by atoms with Crippen LogP contribution in [0.2, 0.25) is 0 Å². The van der Waals surface area contributed by atoms with Crippen molar-refractivity contribution in [3.63, 3.8) is 0 Å². The number of hydrogen-bond acceptors (Lipinski definition) is 17. The van der Waals surface area contributed by atoms with E-state index in [2.05, 4.69) is 0 Å². The van der Waals surface area contributed by atoms with Crippen LogP contribution in [-0.4, -0.2) is 133 Å². The van der Waals surface area contributed by atoms with Crippen molar-refractivity contribution >= 4 is 11.0 Å². The lowest BCUT2D eigenvalue weighted by Gasteiger charge is -2.39. The number of phenols is 2. The summed E-state index contributed by atoms with van der Waals surface area (Å²) in [4.78, 5) is 13.9. The zero-order valence-corrected chi connectivity index (χ0v) is 23.4. The lowest BCUT2D eigenvalue weighted by molar-refractivity contribution is -0.277. The van der Waals surface area contributed by atoms with Crippen LogP contribution in [0.15, 0.2) is 39.5 Å². The molecule has 0 saturated carbocycles. The van der Waals surface area contributed by atoms with Gasteiger partial charge in [-0.15, -0.1) is 0 Å². The number of aliphatic hydroxyl groups is 8. The van der Waals surface area contributed by atoms with Gasteiger partial charge in [0, 0.05) is 11.6 Å². The molecule has 17 nitrogen and oxygen atoms in total. The molecule has 0 bridgehead atoms. The smallest absolute Gasteiger partial charge is 0.239 e. The Morgan fingerprint density at radius 3 is 1.78 bits per heavy atom. The second-order valence-electron chi connectivity index (χ2n) is 10.4. The molecule has 2 aromatic carbocycles. The molecular weight excluding hydrogens is 608 g/mol. The minimum Gasteiger partial charge on any atom is -0.508 e. The van der Waals surface area contributed by atoms with E-state index in [4.69, 9.17) is 28.1 Å². The fourth-order valence-corrected chi connectivity index (χ4v) is 5.05. The molecule has 10 atom stereocenters. The highest BCUT2D eigenvalue weighted by Gasteiger charge is 2.47. The van der Waals surface area contributed by atoms with E-state index in [0.29, 0.717) is 0 Å². The van der Waals surface area contributed by atoms with Crippen LogP contribution >= 0.6 is 0 Å². The van der Waals surface area contributed by atoms with E-state index in [0.717, 1.165) is 13.2 Å². The van der Waals surface area contributed by atoms with Crippen LogP contribution in [0.5, 0.6) is 28.7 Å². The molecule has 0 unspecified atom stereocenters. The summed E-state index contributed by atoms with van der Waals surface area (Å²) >= 11 is 0. The van der Waals surface area contributed by atoms with Crippen molar-refractivity contribution in [2.24, 2.45) is 0 Å². The SMILES string of the molecule is COc1c(O[C@H]2O[C@@H](CO)[C@@H](O)[C@@H](O)[C@@H]2O)cc(O)c2c(=O)c(O[C@@H]3O[C@H](CO)[C@@H](O)[C@@H](O)[C@@H]3O)c(-c3ccc(O)cc3)oc12. The van der Waals surface area contributed by atoms with Gasteiger partial charge in [-0.25, -0.2) is 0 Å². The maximum atomic E-state index is 13.9. The quantitative estimate of drug-likeness (QED) is 0.119. The monoisotopic (exact) mass is 640 g/mol. The van der Waals surface area contributed by atoms with Gasteiger partial charge in [-0.2, -0.15) is 0 Å². The first-order valence-corrected chi connectivity index (χ1v) is 13.6. The maximum Gasteiger partial charge on any atom is 0.239 e. The molecule has 0 aliphatic carbocycles. The number of fused-ring (bicyclic) bond motifs is 1. The number of phenolic OH excluding ortho intramolecular Hbond substituents is 2. The summed E-state index contributed by atoms with van der Waals surface area (Å²) in [6.45, 7) is -1.52. The van der Waals surface area contributed by atoms with E-state index in [1.807, 2.05) is 0 Å². The molecule has 0 amide bonds. The van der Waals surface area contributed by atoms with Crippen LogP contribution in [0.4, 0.5) is 0 Å². The molecule has 2 aliphatic heterocycles. The zero-order chi connectivity index (χ0) is 32.7. The number of rotatable bonds is 8. The van der Waals surface area contributed by atoms with Crippen LogP contribution in [0.25, 0.3) is 22.3 Å². The topological polar surface area (TPSA) is 279 Å². The molecule has 246 valence electrons. The lowest BCUT2D eigenvalue weighted by Crippen LogP contribution is -2.60.